The van der Waals surface area contributed by atoms with E-state index >= 15 is 0 Å². The van der Waals surface area contributed by atoms with Crippen LogP contribution in [0.2, 0.25) is 0 Å². The van der Waals surface area contributed by atoms with Crippen molar-refractivity contribution in [1.29, 1.82) is 0 Å². The number of aliphatic hydroxyl groups excluding tert-OH is 1. The van der Waals surface area contributed by atoms with Crippen molar-refractivity contribution in [3.8, 4) is 5.75 Å². The molecule has 3 aliphatic rings. The molecule has 3 aliphatic heterocycles. The zero-order valence-corrected chi connectivity index (χ0v) is 26.1. The number of carbonyl (C=O) groups excluding carboxylic acids is 2. The Bertz CT molecular complexity index is 1740. The Balaban J connectivity index is 1.34. The highest BCUT2D eigenvalue weighted by molar-refractivity contribution is 8.35. The van der Waals surface area contributed by atoms with Crippen LogP contribution in [-0.2, 0) is 40.9 Å². The van der Waals surface area contributed by atoms with E-state index in [1.165, 1.54) is 0 Å². The van der Waals surface area contributed by atoms with E-state index < -0.39 is 38.8 Å². The quantitative estimate of drug-likeness (QED) is 0.316. The molecule has 2 N–H and O–H groups in total. The third-order valence-corrected chi connectivity index (χ3v) is 11.4. The first-order valence-corrected chi connectivity index (χ1v) is 17.7. The molecule has 44 heavy (non-hydrogen) atoms. The molecule has 1 spiro atoms. The molecular formula is C32H34N2O8S2. The highest BCUT2D eigenvalue weighted by Crippen LogP contribution is 2.76. The van der Waals surface area contributed by atoms with Gasteiger partial charge < -0.3 is 18.2 Å². The number of sulfonamides is 1. The number of allylic oxidation sites excluding steroid dienone is 1. The summed E-state index contributed by atoms with van der Waals surface area (Å²) < 4.78 is 43.4. The first-order valence-electron chi connectivity index (χ1n) is 14.4. The van der Waals surface area contributed by atoms with Crippen molar-refractivity contribution in [1.82, 2.24) is 9.62 Å². The molecule has 232 valence electrons. The fraction of sp³-hybridized carbons (Fsp3) is 0.312. The molecule has 6 rings (SSSR count). The molecule has 0 bridgehead atoms. The van der Waals surface area contributed by atoms with Crippen molar-refractivity contribution < 1.29 is 36.2 Å². The summed E-state index contributed by atoms with van der Waals surface area (Å²) in [5, 5.41) is 10.0. The van der Waals surface area contributed by atoms with Crippen LogP contribution in [0.3, 0.4) is 0 Å². The Morgan fingerprint density at radius 2 is 1.77 bits per heavy atom. The first-order chi connectivity index (χ1) is 21.0. The van der Waals surface area contributed by atoms with Gasteiger partial charge in [-0.05, 0) is 72.4 Å². The number of benzene rings is 3. The van der Waals surface area contributed by atoms with Crippen molar-refractivity contribution >= 4 is 43.0 Å². The standard InChI is InChI=1S/C32H34N2O8S2/c1-21-18-22(9-10-24(21)20-33-43(2,38)39)19-27-26-6-3-4-7-28(26)44(41-31(36)32(37)42-44)30(27)23-11-13-25(14-12-23)40-17-16-34-15-5-8-29(34)35/h3-4,6-7,9-14,18,29,33,35H,5,8,15-17,19-20H2,1-2H3. The maximum absolute atomic E-state index is 12.5. The zero-order valence-electron chi connectivity index (χ0n) is 24.4. The van der Waals surface area contributed by atoms with E-state index in [1.54, 1.807) is 0 Å². The monoisotopic (exact) mass is 638 g/mol. The van der Waals surface area contributed by atoms with E-state index in [1.807, 2.05) is 78.6 Å². The molecule has 0 saturated carbocycles. The van der Waals surface area contributed by atoms with Crippen LogP contribution in [0.5, 0.6) is 5.75 Å². The van der Waals surface area contributed by atoms with Gasteiger partial charge >= 0.3 is 11.9 Å². The van der Waals surface area contributed by atoms with Gasteiger partial charge in [0.25, 0.3) is 0 Å². The Hall–Kier alpha value is -3.68. The first kappa shape index (κ1) is 30.4. The van der Waals surface area contributed by atoms with Crippen LogP contribution in [0, 0.1) is 6.92 Å². The normalized spacial score (nSPS) is 20.1. The molecule has 0 radical (unpaired) electrons. The average molecular weight is 639 g/mol. The number of likely N-dealkylation sites (tertiary alicyclic amines) is 1. The van der Waals surface area contributed by atoms with Crippen molar-refractivity contribution in [2.24, 2.45) is 0 Å². The minimum Gasteiger partial charge on any atom is -0.492 e. The summed E-state index contributed by atoms with van der Waals surface area (Å²) in [4.78, 5) is 28.3. The van der Waals surface area contributed by atoms with Crippen LogP contribution in [0.4, 0.5) is 0 Å². The lowest BCUT2D eigenvalue weighted by Crippen LogP contribution is -2.32. The minimum absolute atomic E-state index is 0.188. The van der Waals surface area contributed by atoms with Crippen molar-refractivity contribution in [3.05, 3.63) is 94.5 Å². The number of nitrogens with one attached hydrogen (secondary N) is 1. The second-order valence-electron chi connectivity index (χ2n) is 11.1. The number of ether oxygens (including phenoxy) is 1. The van der Waals surface area contributed by atoms with Gasteiger partial charge in [0.05, 0.1) is 16.1 Å². The molecule has 1 atom stereocenters. The molecule has 3 heterocycles. The number of aryl methyl sites for hydroxylation is 1. The maximum atomic E-state index is 12.5. The van der Waals surface area contributed by atoms with Gasteiger partial charge in [0.2, 0.25) is 10.0 Å². The van der Waals surface area contributed by atoms with E-state index in [0.717, 1.165) is 59.0 Å². The summed E-state index contributed by atoms with van der Waals surface area (Å²) in [6, 6.07) is 20.8. The summed E-state index contributed by atoms with van der Waals surface area (Å²) in [5.41, 5.74) is 5.19. The van der Waals surface area contributed by atoms with E-state index in [9.17, 15) is 23.1 Å². The SMILES string of the molecule is Cc1cc(CC2=C(c3ccc(OCCN4CCCC4O)cc3)S3(OC(=O)C(=O)O3)c3ccccc32)ccc1CNS(C)(=O)=O. The number of fused-ring (bicyclic) bond motifs is 2. The van der Waals surface area contributed by atoms with Gasteiger partial charge in [0.1, 0.15) is 18.6 Å². The lowest BCUT2D eigenvalue weighted by Gasteiger charge is -2.34. The topological polar surface area (TPSA) is 131 Å². The van der Waals surface area contributed by atoms with E-state index in [2.05, 4.69) is 4.72 Å². The van der Waals surface area contributed by atoms with Gasteiger partial charge in [-0.15, -0.1) is 0 Å². The van der Waals surface area contributed by atoms with Gasteiger partial charge in [-0.1, -0.05) is 47.0 Å². The molecule has 2 saturated heterocycles. The molecule has 0 aromatic heterocycles. The Morgan fingerprint density at radius 3 is 2.43 bits per heavy atom. The van der Waals surface area contributed by atoms with Crippen LogP contribution in [0.15, 0.2) is 71.6 Å². The smallest absolute Gasteiger partial charge is 0.442 e. The molecule has 0 aliphatic carbocycles. The Labute approximate surface area is 258 Å². The van der Waals surface area contributed by atoms with Crippen molar-refractivity contribution in [2.45, 2.75) is 43.9 Å². The van der Waals surface area contributed by atoms with Gasteiger partial charge in [-0.2, -0.15) is 0 Å². The molecular weight excluding hydrogens is 604 g/mol. The van der Waals surface area contributed by atoms with Gasteiger partial charge in [0, 0.05) is 37.2 Å². The summed E-state index contributed by atoms with van der Waals surface area (Å²) in [6.45, 7) is 4.01. The number of hydrogen-bond acceptors (Lipinski definition) is 9. The van der Waals surface area contributed by atoms with E-state index in [4.69, 9.17) is 13.1 Å². The third kappa shape index (κ3) is 6.00. The van der Waals surface area contributed by atoms with Crippen LogP contribution < -0.4 is 9.46 Å². The second-order valence-corrected chi connectivity index (χ2v) is 15.1. The largest absolute Gasteiger partial charge is 0.492 e. The van der Waals surface area contributed by atoms with Crippen LogP contribution >= 0.6 is 10.6 Å². The fourth-order valence-corrected chi connectivity index (χ4v) is 9.12. The van der Waals surface area contributed by atoms with E-state index in [0.29, 0.717) is 35.1 Å². The number of aliphatic hydroxyl groups is 1. The van der Waals surface area contributed by atoms with Gasteiger partial charge in [-0.25, -0.2) is 22.7 Å². The molecule has 12 heteroatoms. The highest BCUT2D eigenvalue weighted by atomic mass is 32.3. The summed E-state index contributed by atoms with van der Waals surface area (Å²) in [5.74, 6) is -1.38. The lowest BCUT2D eigenvalue weighted by atomic mass is 9.94. The maximum Gasteiger partial charge on any atom is 0.442 e. The molecule has 2 fully saturated rings. The molecule has 10 nitrogen and oxygen atoms in total. The third-order valence-electron chi connectivity index (χ3n) is 8.00. The van der Waals surface area contributed by atoms with Crippen molar-refractivity contribution in [2.75, 3.05) is 26.0 Å². The summed E-state index contributed by atoms with van der Waals surface area (Å²) in [6.07, 6.45) is 2.90. The number of nitrogens with zero attached hydrogens (tertiary/aromatic N) is 1. The van der Waals surface area contributed by atoms with Gasteiger partial charge in [-0.3, -0.25) is 4.90 Å². The lowest BCUT2D eigenvalue weighted by molar-refractivity contribution is -0.150. The molecule has 1 unspecified atom stereocenters. The predicted octanol–water partition coefficient (Wildman–Crippen LogP) is 4.06. The predicted molar refractivity (Wildman–Crippen MR) is 167 cm³/mol. The number of rotatable bonds is 10. The second kappa shape index (κ2) is 12.0. The summed E-state index contributed by atoms with van der Waals surface area (Å²) in [7, 11) is -6.24. The van der Waals surface area contributed by atoms with Crippen LogP contribution in [-0.4, -0.2) is 62.5 Å². The van der Waals surface area contributed by atoms with Crippen LogP contribution in [0.1, 0.15) is 40.7 Å². The average Bonchev–Trinajstić information content (AvgIpc) is 3.61. The Kier molecular flexibility index (Phi) is 8.29. The number of hydrogen-bond donors (Lipinski definition) is 2. The molecule has 0 amide bonds. The van der Waals surface area contributed by atoms with Crippen LogP contribution in [0.25, 0.3) is 10.5 Å². The zero-order chi connectivity index (χ0) is 31.1. The highest BCUT2D eigenvalue weighted by Gasteiger charge is 2.52. The van der Waals surface area contributed by atoms with Crippen molar-refractivity contribution in [3.63, 3.8) is 0 Å². The molecule has 3 aromatic rings. The summed E-state index contributed by atoms with van der Waals surface area (Å²) >= 11 is 0. The van der Waals surface area contributed by atoms with Gasteiger partial charge in [0.15, 0.2) is 0 Å². The minimum atomic E-state index is -3.33. The molecule has 3 aromatic carbocycles. The van der Waals surface area contributed by atoms with E-state index in [-0.39, 0.29) is 6.54 Å². The fourth-order valence-electron chi connectivity index (χ4n) is 5.85. The number of carbonyl (C=O) groups is 2. The Morgan fingerprint density at radius 1 is 1.05 bits per heavy atom.